The van der Waals surface area contributed by atoms with Gasteiger partial charge in [-0.15, -0.1) is 0 Å². The van der Waals surface area contributed by atoms with Crippen LogP contribution < -0.4 is 0 Å². The summed E-state index contributed by atoms with van der Waals surface area (Å²) in [4.78, 5) is 0. The lowest BCUT2D eigenvalue weighted by Gasteiger charge is -2.22. The third-order valence-electron chi connectivity index (χ3n) is 9.54. The van der Waals surface area contributed by atoms with Gasteiger partial charge < -0.3 is 14.6 Å². The summed E-state index contributed by atoms with van der Waals surface area (Å²) in [6, 6.07) is 0. The van der Waals surface area contributed by atoms with Gasteiger partial charge in [-0.3, -0.25) is 0 Å². The Morgan fingerprint density at radius 1 is 0.326 bits per heavy atom. The first-order chi connectivity index (χ1) is 21.2. The second-order valence-corrected chi connectivity index (χ2v) is 14.1. The molecule has 0 aromatic carbocycles. The van der Waals surface area contributed by atoms with Crippen LogP contribution in [0.2, 0.25) is 0 Å². The van der Waals surface area contributed by atoms with Crippen molar-refractivity contribution in [3.8, 4) is 0 Å². The average Bonchev–Trinajstić information content (AvgIpc) is 3.02. The molecule has 0 aliphatic heterocycles. The quantitative estimate of drug-likeness (QED) is 0.0711. The van der Waals surface area contributed by atoms with E-state index in [2.05, 4.69) is 27.7 Å². The predicted octanol–water partition coefficient (Wildman–Crippen LogP) is 12.9. The maximum absolute atomic E-state index is 10.1. The van der Waals surface area contributed by atoms with Gasteiger partial charge in [0.15, 0.2) is 0 Å². The van der Waals surface area contributed by atoms with E-state index in [-0.39, 0.29) is 12.5 Å². The van der Waals surface area contributed by atoms with E-state index in [0.29, 0.717) is 25.0 Å². The molecular formula is C40H82O3. The normalized spacial score (nSPS) is 12.0. The smallest absolute Gasteiger partial charge is 0.0538 e. The van der Waals surface area contributed by atoms with E-state index in [9.17, 15) is 5.11 Å². The highest BCUT2D eigenvalue weighted by atomic mass is 16.5. The highest BCUT2D eigenvalue weighted by Gasteiger charge is 2.15. The summed E-state index contributed by atoms with van der Waals surface area (Å²) in [6.45, 7) is 12.3. The molecule has 0 atom stereocenters. The third-order valence-corrected chi connectivity index (χ3v) is 9.54. The topological polar surface area (TPSA) is 38.7 Å². The molecule has 43 heavy (non-hydrogen) atoms. The van der Waals surface area contributed by atoms with Crippen LogP contribution in [0.15, 0.2) is 0 Å². The van der Waals surface area contributed by atoms with Crippen LogP contribution in [0.25, 0.3) is 0 Å². The molecule has 0 aliphatic rings. The van der Waals surface area contributed by atoms with Crippen molar-refractivity contribution >= 4 is 0 Å². The zero-order valence-corrected chi connectivity index (χ0v) is 30.3. The van der Waals surface area contributed by atoms with E-state index >= 15 is 0 Å². The maximum Gasteiger partial charge on any atom is 0.0538 e. The van der Waals surface area contributed by atoms with Gasteiger partial charge in [-0.1, -0.05) is 182 Å². The Bertz CT molecular complexity index is 422. The van der Waals surface area contributed by atoms with Crippen molar-refractivity contribution in [1.29, 1.82) is 0 Å². The molecule has 0 rings (SSSR count). The van der Waals surface area contributed by atoms with Crippen LogP contribution in [0.5, 0.6) is 0 Å². The lowest BCUT2D eigenvalue weighted by molar-refractivity contribution is -0.00532. The van der Waals surface area contributed by atoms with E-state index < -0.39 is 0 Å². The van der Waals surface area contributed by atoms with Crippen LogP contribution in [0.1, 0.15) is 207 Å². The molecule has 260 valence electrons. The van der Waals surface area contributed by atoms with Crippen LogP contribution in [0, 0.1) is 17.8 Å². The van der Waals surface area contributed by atoms with Crippen molar-refractivity contribution in [2.24, 2.45) is 17.8 Å². The molecular weight excluding hydrogens is 528 g/mol. The van der Waals surface area contributed by atoms with Crippen molar-refractivity contribution in [2.75, 3.05) is 33.0 Å². The SMILES string of the molecule is CCCCCCCCC(CCCCCCCC)COCC(CO)COCC(CCCCCCCC)CCCCCCCC. The largest absolute Gasteiger partial charge is 0.396 e. The monoisotopic (exact) mass is 611 g/mol. The Morgan fingerprint density at radius 2 is 0.558 bits per heavy atom. The molecule has 1 N–H and O–H groups in total. The molecule has 0 saturated carbocycles. The van der Waals surface area contributed by atoms with E-state index in [1.165, 1.54) is 180 Å². The molecule has 0 unspecified atom stereocenters. The lowest BCUT2D eigenvalue weighted by Crippen LogP contribution is -2.24. The molecule has 0 saturated heterocycles. The summed E-state index contributed by atoms with van der Waals surface area (Å²) in [5.74, 6) is 1.46. The van der Waals surface area contributed by atoms with Crippen LogP contribution in [-0.4, -0.2) is 38.1 Å². The molecule has 0 aromatic heterocycles. The van der Waals surface area contributed by atoms with Gasteiger partial charge in [-0.2, -0.15) is 0 Å². The first-order valence-corrected chi connectivity index (χ1v) is 20.0. The molecule has 0 aromatic rings. The summed E-state index contributed by atoms with van der Waals surface area (Å²) in [5.41, 5.74) is 0. The highest BCUT2D eigenvalue weighted by molar-refractivity contribution is 4.64. The number of unbranched alkanes of at least 4 members (excludes halogenated alkanes) is 20. The van der Waals surface area contributed by atoms with Crippen LogP contribution in [0.3, 0.4) is 0 Å². The standard InChI is InChI=1S/C40H82O3/c1-5-9-13-17-21-25-29-38(30-26-22-18-14-10-6-2)34-42-36-40(33-41)37-43-35-39(31-27-23-19-15-11-7-3)32-28-24-20-16-12-8-4/h38-41H,5-37H2,1-4H3. The number of ether oxygens (including phenoxy) is 2. The van der Waals surface area contributed by atoms with E-state index in [4.69, 9.17) is 9.47 Å². The summed E-state index contributed by atoms with van der Waals surface area (Å²) in [6.07, 6.45) is 38.1. The Balaban J connectivity index is 4.48. The van der Waals surface area contributed by atoms with Crippen LogP contribution in [-0.2, 0) is 9.47 Å². The minimum absolute atomic E-state index is 0.104. The molecule has 0 spiro atoms. The summed E-state index contributed by atoms with van der Waals surface area (Å²) in [7, 11) is 0. The first-order valence-electron chi connectivity index (χ1n) is 20.0. The van der Waals surface area contributed by atoms with E-state index in [0.717, 1.165) is 13.2 Å². The van der Waals surface area contributed by atoms with Gasteiger partial charge in [0.2, 0.25) is 0 Å². The number of aliphatic hydroxyl groups excluding tert-OH is 1. The molecule has 3 heteroatoms. The zero-order chi connectivity index (χ0) is 31.5. The van der Waals surface area contributed by atoms with E-state index in [1.807, 2.05) is 0 Å². The van der Waals surface area contributed by atoms with Crippen molar-refractivity contribution in [3.05, 3.63) is 0 Å². The number of rotatable bonds is 37. The molecule has 0 fully saturated rings. The fraction of sp³-hybridized carbons (Fsp3) is 1.00. The molecule has 0 bridgehead atoms. The first kappa shape index (κ1) is 42.9. The number of aliphatic hydroxyl groups is 1. The Labute approximate surface area is 272 Å². The number of hydrogen-bond acceptors (Lipinski definition) is 3. The Morgan fingerprint density at radius 3 is 0.814 bits per heavy atom. The Kier molecular flexibility index (Phi) is 36.2. The second-order valence-electron chi connectivity index (χ2n) is 14.1. The van der Waals surface area contributed by atoms with Gasteiger partial charge in [0.05, 0.1) is 19.8 Å². The summed E-state index contributed by atoms with van der Waals surface area (Å²) >= 11 is 0. The highest BCUT2D eigenvalue weighted by Crippen LogP contribution is 2.22. The van der Waals surface area contributed by atoms with Crippen molar-refractivity contribution in [2.45, 2.75) is 207 Å². The van der Waals surface area contributed by atoms with Crippen molar-refractivity contribution in [1.82, 2.24) is 0 Å². The molecule has 0 amide bonds. The van der Waals surface area contributed by atoms with Crippen molar-refractivity contribution < 1.29 is 14.6 Å². The zero-order valence-electron chi connectivity index (χ0n) is 30.3. The average molecular weight is 611 g/mol. The predicted molar refractivity (Wildman–Crippen MR) is 191 cm³/mol. The number of hydrogen-bond donors (Lipinski definition) is 1. The van der Waals surface area contributed by atoms with E-state index in [1.54, 1.807) is 0 Å². The van der Waals surface area contributed by atoms with Gasteiger partial charge in [-0.25, -0.2) is 0 Å². The molecule has 0 aliphatic carbocycles. The fourth-order valence-corrected chi connectivity index (χ4v) is 6.43. The second kappa shape index (κ2) is 36.3. The minimum atomic E-state index is 0.104. The molecule has 3 nitrogen and oxygen atoms in total. The van der Waals surface area contributed by atoms with Gasteiger partial charge in [0.1, 0.15) is 0 Å². The van der Waals surface area contributed by atoms with Gasteiger partial charge >= 0.3 is 0 Å². The van der Waals surface area contributed by atoms with Crippen LogP contribution >= 0.6 is 0 Å². The van der Waals surface area contributed by atoms with Gasteiger partial charge in [0, 0.05) is 19.1 Å². The fourth-order valence-electron chi connectivity index (χ4n) is 6.43. The third kappa shape index (κ3) is 31.6. The van der Waals surface area contributed by atoms with Crippen LogP contribution in [0.4, 0.5) is 0 Å². The van der Waals surface area contributed by atoms with Gasteiger partial charge in [0.25, 0.3) is 0 Å². The molecule has 0 heterocycles. The Hall–Kier alpha value is -0.120. The molecule has 0 radical (unpaired) electrons. The maximum atomic E-state index is 10.1. The van der Waals surface area contributed by atoms with Crippen molar-refractivity contribution in [3.63, 3.8) is 0 Å². The van der Waals surface area contributed by atoms with Gasteiger partial charge in [-0.05, 0) is 37.5 Å². The summed E-state index contributed by atoms with van der Waals surface area (Å²) < 4.78 is 12.6. The minimum Gasteiger partial charge on any atom is -0.396 e. The lowest BCUT2D eigenvalue weighted by atomic mass is 9.94. The summed E-state index contributed by atoms with van der Waals surface area (Å²) in [5, 5.41) is 10.1.